The summed E-state index contributed by atoms with van der Waals surface area (Å²) in [6.07, 6.45) is 0.700. The molecule has 30 heavy (non-hydrogen) atoms. The van der Waals surface area contributed by atoms with Crippen molar-refractivity contribution in [3.05, 3.63) is 77.4 Å². The van der Waals surface area contributed by atoms with Gasteiger partial charge in [-0.2, -0.15) is 13.2 Å². The van der Waals surface area contributed by atoms with Gasteiger partial charge in [-0.1, -0.05) is 12.1 Å². The molecule has 3 aromatic rings. The fraction of sp³-hybridized carbons (Fsp3) is 0.273. The molecule has 2 heterocycles. The van der Waals surface area contributed by atoms with E-state index in [0.717, 1.165) is 34.6 Å². The van der Waals surface area contributed by atoms with Crippen LogP contribution in [0.1, 0.15) is 28.8 Å². The molecule has 1 amide bonds. The molecule has 2 aromatic carbocycles. The summed E-state index contributed by atoms with van der Waals surface area (Å²) in [4.78, 5) is 21.4. The molecule has 5 nitrogen and oxygen atoms in total. The Labute approximate surface area is 171 Å². The van der Waals surface area contributed by atoms with Gasteiger partial charge in [-0.25, -0.2) is 4.98 Å². The van der Waals surface area contributed by atoms with Crippen LogP contribution in [0.2, 0.25) is 0 Å². The van der Waals surface area contributed by atoms with Crippen molar-refractivity contribution in [2.24, 2.45) is 0 Å². The summed E-state index contributed by atoms with van der Waals surface area (Å²) in [5, 5.41) is 3.22. The number of nitrogens with one attached hydrogen (secondary N) is 2. The van der Waals surface area contributed by atoms with Crippen LogP contribution in [0, 0.1) is 0 Å². The lowest BCUT2D eigenvalue weighted by molar-refractivity contribution is -0.137. The number of hydrogen-bond donors (Lipinski definition) is 2. The molecule has 1 aromatic heterocycles. The summed E-state index contributed by atoms with van der Waals surface area (Å²) in [5.74, 6) is 0.0938. The largest absolute Gasteiger partial charge is 0.416 e. The van der Waals surface area contributed by atoms with Gasteiger partial charge in [-0.15, -0.1) is 0 Å². The maximum absolute atomic E-state index is 12.8. The molecule has 0 aliphatic carbocycles. The minimum Gasteiger partial charge on any atom is -0.355 e. The first-order chi connectivity index (χ1) is 14.4. The Bertz CT molecular complexity index is 1010. The smallest absolute Gasteiger partial charge is 0.355 e. The first-order valence-corrected chi connectivity index (χ1v) is 9.70. The monoisotopic (exact) mass is 414 g/mol. The van der Waals surface area contributed by atoms with Crippen LogP contribution in [0.4, 0.5) is 24.5 Å². The number of aromatic amines is 1. The van der Waals surface area contributed by atoms with E-state index in [-0.39, 0.29) is 5.91 Å². The Kier molecular flexibility index (Phi) is 5.48. The van der Waals surface area contributed by atoms with Gasteiger partial charge in [0.25, 0.3) is 0 Å². The zero-order valence-electron chi connectivity index (χ0n) is 16.2. The van der Waals surface area contributed by atoms with Crippen LogP contribution in [-0.2, 0) is 30.4 Å². The van der Waals surface area contributed by atoms with Gasteiger partial charge in [0.05, 0.1) is 11.9 Å². The average molecular weight is 414 g/mol. The number of amides is 1. The van der Waals surface area contributed by atoms with Crippen LogP contribution in [0.5, 0.6) is 0 Å². The normalized spacial score (nSPS) is 13.8. The van der Waals surface area contributed by atoms with E-state index in [1.165, 1.54) is 12.1 Å². The molecule has 0 fully saturated rings. The van der Waals surface area contributed by atoms with Gasteiger partial charge in [0.1, 0.15) is 0 Å². The Morgan fingerprint density at radius 1 is 1.17 bits per heavy atom. The van der Waals surface area contributed by atoms with E-state index in [9.17, 15) is 18.0 Å². The van der Waals surface area contributed by atoms with Crippen LogP contribution in [0.3, 0.4) is 0 Å². The van der Waals surface area contributed by atoms with Crippen molar-refractivity contribution in [3.63, 3.8) is 0 Å². The van der Waals surface area contributed by atoms with E-state index in [1.54, 1.807) is 12.5 Å². The number of fused-ring (bicyclic) bond motifs is 1. The number of carbonyl (C=O) groups is 1. The minimum atomic E-state index is -4.35. The molecule has 0 saturated heterocycles. The molecule has 1 aliphatic rings. The summed E-state index contributed by atoms with van der Waals surface area (Å²) in [5.41, 5.74) is 3.85. The number of hydrogen-bond acceptors (Lipinski definition) is 3. The molecular formula is C22H21F3N4O. The average Bonchev–Trinajstić information content (AvgIpc) is 3.25. The number of anilines is 2. The lowest BCUT2D eigenvalue weighted by atomic mass is 9.97. The van der Waals surface area contributed by atoms with Crippen LogP contribution >= 0.6 is 0 Å². The lowest BCUT2D eigenvalue weighted by Crippen LogP contribution is -2.36. The number of aryl methyl sites for hydroxylation is 1. The van der Waals surface area contributed by atoms with Gasteiger partial charge in [0.2, 0.25) is 5.91 Å². The molecule has 156 valence electrons. The van der Waals surface area contributed by atoms with E-state index in [2.05, 4.69) is 15.3 Å². The van der Waals surface area contributed by atoms with Gasteiger partial charge >= 0.3 is 6.18 Å². The lowest BCUT2D eigenvalue weighted by Gasteiger charge is -2.30. The third kappa shape index (κ3) is 4.48. The zero-order valence-corrected chi connectivity index (χ0v) is 16.2. The van der Waals surface area contributed by atoms with Crippen molar-refractivity contribution in [2.45, 2.75) is 32.0 Å². The van der Waals surface area contributed by atoms with Crippen molar-refractivity contribution in [2.75, 3.05) is 11.9 Å². The maximum Gasteiger partial charge on any atom is 0.416 e. The highest BCUT2D eigenvalue weighted by Gasteiger charge is 2.30. The molecule has 0 saturated carbocycles. The molecule has 0 radical (unpaired) electrons. The molecule has 4 rings (SSSR count). The number of halogens is 3. The first kappa shape index (κ1) is 20.0. The molecule has 8 heteroatoms. The number of H-pyrrole nitrogens is 1. The molecule has 0 bridgehead atoms. The molecule has 1 aliphatic heterocycles. The number of benzene rings is 2. The van der Waals surface area contributed by atoms with Gasteiger partial charge < -0.3 is 15.2 Å². The molecule has 2 N–H and O–H groups in total. The fourth-order valence-electron chi connectivity index (χ4n) is 3.66. The third-order valence-electron chi connectivity index (χ3n) is 5.27. The highest BCUT2D eigenvalue weighted by atomic mass is 19.4. The van der Waals surface area contributed by atoms with E-state index < -0.39 is 11.7 Å². The quantitative estimate of drug-likeness (QED) is 0.637. The summed E-state index contributed by atoms with van der Waals surface area (Å²) < 4.78 is 38.3. The predicted molar refractivity (Wildman–Crippen MR) is 107 cm³/mol. The first-order valence-electron chi connectivity index (χ1n) is 9.70. The van der Waals surface area contributed by atoms with Crippen molar-refractivity contribution in [3.8, 4) is 0 Å². The highest BCUT2D eigenvalue weighted by Crippen LogP contribution is 2.32. The standard InChI is InChI=1S/C22H21F3N4O/c23-22(24,25)16-4-6-17(7-5-16)28-20-3-1-2-15-13-29(11-10-19(15)20)21(30)9-8-18-12-26-14-27-18/h1-7,12,14,28H,8-11,13H2,(H,26,27). The summed E-state index contributed by atoms with van der Waals surface area (Å²) >= 11 is 0. The van der Waals surface area contributed by atoms with E-state index in [0.29, 0.717) is 38.0 Å². The Hall–Kier alpha value is -3.29. The summed E-state index contributed by atoms with van der Waals surface area (Å²) in [6.45, 7) is 1.14. The van der Waals surface area contributed by atoms with Gasteiger partial charge in [0.15, 0.2) is 0 Å². The van der Waals surface area contributed by atoms with Gasteiger partial charge in [-0.3, -0.25) is 4.79 Å². The number of alkyl halides is 3. The second-order valence-electron chi connectivity index (χ2n) is 7.29. The Balaban J connectivity index is 1.43. The summed E-state index contributed by atoms with van der Waals surface area (Å²) in [7, 11) is 0. The van der Waals surface area contributed by atoms with Crippen LogP contribution in [-0.4, -0.2) is 27.3 Å². The fourth-order valence-corrected chi connectivity index (χ4v) is 3.66. The molecule has 0 atom stereocenters. The number of rotatable bonds is 5. The van der Waals surface area contributed by atoms with Gasteiger partial charge in [-0.05, 0) is 54.3 Å². The number of carbonyl (C=O) groups excluding carboxylic acids is 1. The van der Waals surface area contributed by atoms with Crippen LogP contribution in [0.15, 0.2) is 55.0 Å². The second-order valence-corrected chi connectivity index (χ2v) is 7.29. The predicted octanol–water partition coefficient (Wildman–Crippen LogP) is 4.69. The Morgan fingerprint density at radius 3 is 2.67 bits per heavy atom. The van der Waals surface area contributed by atoms with E-state index in [4.69, 9.17) is 0 Å². The third-order valence-corrected chi connectivity index (χ3v) is 5.27. The maximum atomic E-state index is 12.8. The minimum absolute atomic E-state index is 0.0938. The number of aromatic nitrogens is 2. The highest BCUT2D eigenvalue weighted by molar-refractivity contribution is 5.77. The van der Waals surface area contributed by atoms with Crippen molar-refractivity contribution in [1.82, 2.24) is 14.9 Å². The molecular weight excluding hydrogens is 393 g/mol. The Morgan fingerprint density at radius 2 is 1.97 bits per heavy atom. The zero-order chi connectivity index (χ0) is 21.1. The van der Waals surface area contributed by atoms with Crippen LogP contribution < -0.4 is 5.32 Å². The molecule has 0 unspecified atom stereocenters. The van der Waals surface area contributed by atoms with E-state index >= 15 is 0 Å². The number of imidazole rings is 1. The molecule has 0 spiro atoms. The second kappa shape index (κ2) is 8.22. The van der Waals surface area contributed by atoms with Crippen LogP contribution in [0.25, 0.3) is 0 Å². The topological polar surface area (TPSA) is 61.0 Å². The summed E-state index contributed by atoms with van der Waals surface area (Å²) in [6, 6.07) is 10.8. The van der Waals surface area contributed by atoms with Gasteiger partial charge in [0, 0.05) is 42.8 Å². The van der Waals surface area contributed by atoms with E-state index in [1.807, 2.05) is 23.1 Å². The van der Waals surface area contributed by atoms with Crippen molar-refractivity contribution in [1.29, 1.82) is 0 Å². The van der Waals surface area contributed by atoms with Crippen molar-refractivity contribution < 1.29 is 18.0 Å². The SMILES string of the molecule is O=C(CCc1cnc[nH]1)N1CCc2c(cccc2Nc2ccc(C(F)(F)F)cc2)C1. The van der Waals surface area contributed by atoms with Crippen molar-refractivity contribution >= 4 is 17.3 Å². The number of nitrogens with zero attached hydrogens (tertiary/aromatic N) is 2.